The Hall–Kier alpha value is -1.75. The molecule has 1 aromatic carbocycles. The lowest BCUT2D eigenvalue weighted by molar-refractivity contribution is 0.844. The number of aryl methyl sites for hydroxylation is 5. The standard InChI is InChI=1S/C24H27IN2/c1-5-19-13-23(25)22(18(4)24-11-7-17(3)15-27-24)12-20(19)8-10-21-9-6-16(2)14-26-21/h6-7,9,11-15,18H,5,8,10H2,1-4H3. The molecule has 0 aliphatic heterocycles. The van der Waals surface area contributed by atoms with Gasteiger partial charge in [0.2, 0.25) is 0 Å². The largest absolute Gasteiger partial charge is 0.261 e. The third kappa shape index (κ3) is 4.95. The Morgan fingerprint density at radius 3 is 2.19 bits per heavy atom. The van der Waals surface area contributed by atoms with E-state index in [9.17, 15) is 0 Å². The molecule has 27 heavy (non-hydrogen) atoms. The van der Waals surface area contributed by atoms with Gasteiger partial charge in [0.05, 0.1) is 0 Å². The molecule has 0 amide bonds. The van der Waals surface area contributed by atoms with Gasteiger partial charge in [0.1, 0.15) is 0 Å². The lowest BCUT2D eigenvalue weighted by Crippen LogP contribution is -2.06. The van der Waals surface area contributed by atoms with Crippen molar-refractivity contribution >= 4 is 22.6 Å². The van der Waals surface area contributed by atoms with Crippen molar-refractivity contribution in [3.63, 3.8) is 0 Å². The summed E-state index contributed by atoms with van der Waals surface area (Å²) in [6.45, 7) is 8.66. The first-order valence-electron chi connectivity index (χ1n) is 9.63. The van der Waals surface area contributed by atoms with E-state index >= 15 is 0 Å². The quantitative estimate of drug-likeness (QED) is 0.401. The predicted molar refractivity (Wildman–Crippen MR) is 121 cm³/mol. The van der Waals surface area contributed by atoms with Crippen LogP contribution >= 0.6 is 22.6 Å². The number of nitrogens with zero attached hydrogens (tertiary/aromatic N) is 2. The zero-order valence-electron chi connectivity index (χ0n) is 16.6. The first kappa shape index (κ1) is 20.0. The fourth-order valence-electron chi connectivity index (χ4n) is 3.38. The van der Waals surface area contributed by atoms with E-state index in [0.29, 0.717) is 5.92 Å². The summed E-state index contributed by atoms with van der Waals surface area (Å²) in [7, 11) is 0. The van der Waals surface area contributed by atoms with Gasteiger partial charge in [-0.1, -0.05) is 32.0 Å². The highest BCUT2D eigenvalue weighted by atomic mass is 127. The van der Waals surface area contributed by atoms with Crippen molar-refractivity contribution in [2.24, 2.45) is 0 Å². The molecule has 3 rings (SSSR count). The van der Waals surface area contributed by atoms with E-state index in [4.69, 9.17) is 0 Å². The second kappa shape index (κ2) is 8.96. The molecule has 2 heterocycles. The maximum Gasteiger partial charge on any atom is 0.0476 e. The lowest BCUT2D eigenvalue weighted by Gasteiger charge is -2.18. The number of aromatic nitrogens is 2. The minimum Gasteiger partial charge on any atom is -0.261 e. The number of halogens is 1. The molecule has 2 nitrogen and oxygen atoms in total. The van der Waals surface area contributed by atoms with E-state index in [1.54, 1.807) is 0 Å². The SMILES string of the molecule is CCc1cc(I)c(C(C)c2ccc(C)cn2)cc1CCc1ccc(C)cn1. The van der Waals surface area contributed by atoms with Gasteiger partial charge in [0, 0.05) is 33.3 Å². The van der Waals surface area contributed by atoms with E-state index in [0.717, 1.165) is 30.7 Å². The molecule has 0 saturated heterocycles. The molecule has 0 saturated carbocycles. The van der Waals surface area contributed by atoms with Crippen LogP contribution in [0, 0.1) is 17.4 Å². The normalized spacial score (nSPS) is 12.2. The lowest BCUT2D eigenvalue weighted by atomic mass is 9.91. The zero-order chi connectivity index (χ0) is 19.4. The van der Waals surface area contributed by atoms with Crippen LogP contribution in [-0.2, 0) is 19.3 Å². The van der Waals surface area contributed by atoms with Gasteiger partial charge in [0.15, 0.2) is 0 Å². The minimum atomic E-state index is 0.291. The van der Waals surface area contributed by atoms with Crippen LogP contribution in [0.4, 0.5) is 0 Å². The average molecular weight is 470 g/mol. The number of hydrogen-bond donors (Lipinski definition) is 0. The van der Waals surface area contributed by atoms with E-state index in [2.05, 4.69) is 96.7 Å². The summed E-state index contributed by atoms with van der Waals surface area (Å²) in [6, 6.07) is 13.4. The van der Waals surface area contributed by atoms with Crippen molar-refractivity contribution in [3.8, 4) is 0 Å². The molecule has 0 aliphatic carbocycles. The average Bonchev–Trinajstić information content (AvgIpc) is 2.68. The summed E-state index contributed by atoms with van der Waals surface area (Å²) in [5.74, 6) is 0.291. The van der Waals surface area contributed by atoms with Crippen LogP contribution in [0.2, 0.25) is 0 Å². The smallest absolute Gasteiger partial charge is 0.0476 e. The molecular formula is C24H27IN2. The van der Waals surface area contributed by atoms with Crippen LogP contribution < -0.4 is 0 Å². The number of rotatable bonds is 6. The molecule has 3 heteroatoms. The summed E-state index contributed by atoms with van der Waals surface area (Å²) < 4.78 is 1.33. The molecule has 0 spiro atoms. The third-order valence-corrected chi connectivity index (χ3v) is 6.10. The molecule has 0 aliphatic rings. The summed E-state index contributed by atoms with van der Waals surface area (Å²) in [4.78, 5) is 9.22. The number of hydrogen-bond acceptors (Lipinski definition) is 2. The van der Waals surface area contributed by atoms with Crippen LogP contribution in [0.5, 0.6) is 0 Å². The molecule has 0 fully saturated rings. The molecule has 0 N–H and O–H groups in total. The maximum absolute atomic E-state index is 4.66. The highest BCUT2D eigenvalue weighted by Gasteiger charge is 2.16. The van der Waals surface area contributed by atoms with Crippen molar-refractivity contribution in [1.29, 1.82) is 0 Å². The van der Waals surface area contributed by atoms with Crippen LogP contribution in [0.1, 0.15) is 59.0 Å². The zero-order valence-corrected chi connectivity index (χ0v) is 18.7. The molecular weight excluding hydrogens is 443 g/mol. The van der Waals surface area contributed by atoms with Crippen molar-refractivity contribution in [3.05, 3.63) is 91.6 Å². The fourth-order valence-corrected chi connectivity index (χ4v) is 4.37. The second-order valence-corrected chi connectivity index (χ2v) is 8.47. The van der Waals surface area contributed by atoms with Crippen LogP contribution in [-0.4, -0.2) is 9.97 Å². The Bertz CT molecular complexity index is 899. The third-order valence-electron chi connectivity index (χ3n) is 5.17. The van der Waals surface area contributed by atoms with E-state index in [1.165, 1.54) is 31.4 Å². The maximum atomic E-state index is 4.66. The Labute approximate surface area is 176 Å². The fraction of sp³-hybridized carbons (Fsp3) is 0.333. The minimum absolute atomic E-state index is 0.291. The van der Waals surface area contributed by atoms with Crippen molar-refractivity contribution < 1.29 is 0 Å². The molecule has 1 atom stereocenters. The second-order valence-electron chi connectivity index (χ2n) is 7.30. The van der Waals surface area contributed by atoms with Gasteiger partial charge in [-0.15, -0.1) is 0 Å². The van der Waals surface area contributed by atoms with E-state index < -0.39 is 0 Å². The van der Waals surface area contributed by atoms with Gasteiger partial charge in [-0.3, -0.25) is 9.97 Å². The van der Waals surface area contributed by atoms with E-state index in [-0.39, 0.29) is 0 Å². The first-order chi connectivity index (χ1) is 13.0. The number of pyridine rings is 2. The van der Waals surface area contributed by atoms with Gasteiger partial charge < -0.3 is 0 Å². The van der Waals surface area contributed by atoms with Gasteiger partial charge in [-0.05, 0) is 102 Å². The van der Waals surface area contributed by atoms with Gasteiger partial charge in [0.25, 0.3) is 0 Å². The van der Waals surface area contributed by atoms with Crippen molar-refractivity contribution in [2.75, 3.05) is 0 Å². The van der Waals surface area contributed by atoms with Gasteiger partial charge >= 0.3 is 0 Å². The summed E-state index contributed by atoms with van der Waals surface area (Å²) >= 11 is 2.48. The molecule has 0 bridgehead atoms. The monoisotopic (exact) mass is 470 g/mol. The molecule has 140 valence electrons. The summed E-state index contributed by atoms with van der Waals surface area (Å²) in [5.41, 5.74) is 8.96. The van der Waals surface area contributed by atoms with Gasteiger partial charge in [-0.2, -0.15) is 0 Å². The Kier molecular flexibility index (Phi) is 6.64. The van der Waals surface area contributed by atoms with Gasteiger partial charge in [-0.25, -0.2) is 0 Å². The number of benzene rings is 1. The first-order valence-corrected chi connectivity index (χ1v) is 10.7. The Balaban J connectivity index is 1.87. The molecule has 0 radical (unpaired) electrons. The molecule has 2 aromatic heterocycles. The van der Waals surface area contributed by atoms with Crippen LogP contribution in [0.25, 0.3) is 0 Å². The Morgan fingerprint density at radius 2 is 1.59 bits per heavy atom. The predicted octanol–water partition coefficient (Wildman–Crippen LogP) is 6.20. The van der Waals surface area contributed by atoms with Crippen molar-refractivity contribution in [2.45, 2.75) is 52.9 Å². The topological polar surface area (TPSA) is 25.8 Å². The van der Waals surface area contributed by atoms with E-state index in [1.807, 2.05) is 12.4 Å². The summed E-state index contributed by atoms with van der Waals surface area (Å²) in [6.07, 6.45) is 6.98. The van der Waals surface area contributed by atoms with Crippen molar-refractivity contribution in [1.82, 2.24) is 9.97 Å². The molecule has 1 unspecified atom stereocenters. The Morgan fingerprint density at radius 1 is 0.889 bits per heavy atom. The van der Waals surface area contributed by atoms with Crippen LogP contribution in [0.15, 0.2) is 48.8 Å². The summed E-state index contributed by atoms with van der Waals surface area (Å²) in [5, 5.41) is 0. The van der Waals surface area contributed by atoms with Crippen LogP contribution in [0.3, 0.4) is 0 Å². The highest BCUT2D eigenvalue weighted by molar-refractivity contribution is 14.1. The highest BCUT2D eigenvalue weighted by Crippen LogP contribution is 2.30. The molecule has 3 aromatic rings.